The van der Waals surface area contributed by atoms with Crippen molar-refractivity contribution in [3.63, 3.8) is 0 Å². The molecule has 2 nitrogen and oxygen atoms in total. The first-order valence-electron chi connectivity index (χ1n) is 6.90. The molecule has 2 aromatic heterocycles. The summed E-state index contributed by atoms with van der Waals surface area (Å²) in [6, 6.07) is 20.4. The molecule has 102 valence electrons. The first-order valence-corrected chi connectivity index (χ1v) is 7.28. The van der Waals surface area contributed by atoms with Gasteiger partial charge in [-0.05, 0) is 35.9 Å². The molecule has 0 saturated heterocycles. The molecule has 0 aliphatic rings. The second-order valence-electron chi connectivity index (χ2n) is 5.17. The first kappa shape index (κ1) is 12.4. The summed E-state index contributed by atoms with van der Waals surface area (Å²) < 4.78 is 0. The number of rotatable bonds is 2. The number of hydrogen-bond acceptors (Lipinski definition) is 1. The highest BCUT2D eigenvalue weighted by atomic mass is 35.5. The number of aromatic amines is 1. The fourth-order valence-corrected chi connectivity index (χ4v) is 2.80. The number of H-pyrrole nitrogens is 1. The van der Waals surface area contributed by atoms with Gasteiger partial charge in [-0.2, -0.15) is 0 Å². The summed E-state index contributed by atoms with van der Waals surface area (Å²) in [6.45, 7) is 0. The Balaban J connectivity index is 1.76. The van der Waals surface area contributed by atoms with Crippen LogP contribution in [0.2, 0.25) is 5.02 Å². The fourth-order valence-electron chi connectivity index (χ4n) is 2.68. The SMILES string of the molecule is Clc1ccc(Cc2ccc3c(n2)[nH]c2ccccc23)cc1. The van der Waals surface area contributed by atoms with E-state index in [4.69, 9.17) is 16.6 Å². The van der Waals surface area contributed by atoms with Crippen LogP contribution in [0, 0.1) is 0 Å². The van der Waals surface area contributed by atoms with Crippen molar-refractivity contribution in [3.05, 3.63) is 76.9 Å². The molecule has 2 aromatic carbocycles. The molecular weight excluding hydrogens is 280 g/mol. The lowest BCUT2D eigenvalue weighted by atomic mass is 10.1. The molecule has 0 bridgehead atoms. The number of nitrogens with zero attached hydrogens (tertiary/aromatic N) is 1. The number of aromatic nitrogens is 2. The Labute approximate surface area is 127 Å². The Morgan fingerprint density at radius 1 is 0.857 bits per heavy atom. The molecule has 0 aliphatic carbocycles. The molecule has 0 amide bonds. The van der Waals surface area contributed by atoms with E-state index >= 15 is 0 Å². The van der Waals surface area contributed by atoms with Crippen molar-refractivity contribution in [2.75, 3.05) is 0 Å². The summed E-state index contributed by atoms with van der Waals surface area (Å²) in [5.74, 6) is 0. The molecule has 0 radical (unpaired) electrons. The summed E-state index contributed by atoms with van der Waals surface area (Å²) in [5.41, 5.74) is 4.34. The molecular formula is C18H13ClN2. The van der Waals surface area contributed by atoms with Crippen LogP contribution in [0.25, 0.3) is 21.9 Å². The fraction of sp³-hybridized carbons (Fsp3) is 0.0556. The van der Waals surface area contributed by atoms with E-state index in [1.807, 2.05) is 30.3 Å². The predicted octanol–water partition coefficient (Wildman–Crippen LogP) is 4.96. The Hall–Kier alpha value is -2.32. The predicted molar refractivity (Wildman–Crippen MR) is 87.9 cm³/mol. The molecule has 0 atom stereocenters. The van der Waals surface area contributed by atoms with Crippen molar-refractivity contribution < 1.29 is 0 Å². The molecule has 0 fully saturated rings. The van der Waals surface area contributed by atoms with Crippen LogP contribution in [0.4, 0.5) is 0 Å². The lowest BCUT2D eigenvalue weighted by Gasteiger charge is -2.02. The van der Waals surface area contributed by atoms with Gasteiger partial charge < -0.3 is 4.98 Å². The first-order chi connectivity index (χ1) is 10.3. The Kier molecular flexibility index (Phi) is 2.90. The van der Waals surface area contributed by atoms with E-state index in [-0.39, 0.29) is 0 Å². The topological polar surface area (TPSA) is 28.7 Å². The van der Waals surface area contributed by atoms with Gasteiger partial charge in [0.05, 0.1) is 0 Å². The third-order valence-corrected chi connectivity index (χ3v) is 3.97. The van der Waals surface area contributed by atoms with E-state index in [9.17, 15) is 0 Å². The number of benzene rings is 2. The standard InChI is InChI=1S/C18H13ClN2/c19-13-7-5-12(6-8-13)11-14-9-10-16-15-3-1-2-4-17(15)21-18(16)20-14/h1-10H,11H2,(H,20,21). The maximum absolute atomic E-state index is 5.92. The second kappa shape index (κ2) is 4.90. The van der Waals surface area contributed by atoms with Gasteiger partial charge in [-0.3, -0.25) is 0 Å². The Morgan fingerprint density at radius 2 is 1.67 bits per heavy atom. The van der Waals surface area contributed by atoms with Gasteiger partial charge in [0, 0.05) is 33.4 Å². The Bertz CT molecular complexity index is 923. The highest BCUT2D eigenvalue weighted by molar-refractivity contribution is 6.30. The van der Waals surface area contributed by atoms with Gasteiger partial charge in [-0.1, -0.05) is 41.9 Å². The van der Waals surface area contributed by atoms with Crippen LogP contribution in [0.1, 0.15) is 11.3 Å². The number of nitrogens with one attached hydrogen (secondary N) is 1. The Morgan fingerprint density at radius 3 is 2.52 bits per heavy atom. The lowest BCUT2D eigenvalue weighted by molar-refractivity contribution is 1.09. The largest absolute Gasteiger partial charge is 0.339 e. The number of hydrogen-bond donors (Lipinski definition) is 1. The minimum atomic E-state index is 0.762. The highest BCUT2D eigenvalue weighted by Crippen LogP contribution is 2.24. The van der Waals surface area contributed by atoms with Gasteiger partial charge in [-0.15, -0.1) is 0 Å². The number of fused-ring (bicyclic) bond motifs is 3. The average Bonchev–Trinajstić information content (AvgIpc) is 2.87. The van der Waals surface area contributed by atoms with E-state index in [2.05, 4.69) is 35.3 Å². The van der Waals surface area contributed by atoms with Crippen LogP contribution >= 0.6 is 11.6 Å². The molecule has 4 aromatic rings. The molecule has 0 aliphatic heterocycles. The van der Waals surface area contributed by atoms with Gasteiger partial charge in [0.15, 0.2) is 0 Å². The molecule has 2 heterocycles. The second-order valence-corrected chi connectivity index (χ2v) is 5.61. The monoisotopic (exact) mass is 292 g/mol. The minimum Gasteiger partial charge on any atom is -0.339 e. The van der Waals surface area contributed by atoms with Crippen LogP contribution in [0.5, 0.6) is 0 Å². The van der Waals surface area contributed by atoms with Crippen molar-refractivity contribution in [2.45, 2.75) is 6.42 Å². The van der Waals surface area contributed by atoms with Gasteiger partial charge in [0.2, 0.25) is 0 Å². The molecule has 1 N–H and O–H groups in total. The quantitative estimate of drug-likeness (QED) is 0.556. The van der Waals surface area contributed by atoms with Crippen molar-refractivity contribution >= 4 is 33.5 Å². The van der Waals surface area contributed by atoms with Crippen LogP contribution in [-0.4, -0.2) is 9.97 Å². The third kappa shape index (κ3) is 2.28. The molecule has 0 saturated carbocycles. The minimum absolute atomic E-state index is 0.762. The summed E-state index contributed by atoms with van der Waals surface area (Å²) in [4.78, 5) is 8.12. The number of pyridine rings is 1. The molecule has 0 spiro atoms. The zero-order valence-corrected chi connectivity index (χ0v) is 12.1. The number of halogens is 1. The number of para-hydroxylation sites is 1. The molecule has 3 heteroatoms. The highest BCUT2D eigenvalue weighted by Gasteiger charge is 2.06. The van der Waals surface area contributed by atoms with Crippen LogP contribution in [-0.2, 0) is 6.42 Å². The van der Waals surface area contributed by atoms with Crippen LogP contribution < -0.4 is 0 Å². The van der Waals surface area contributed by atoms with E-state index < -0.39 is 0 Å². The van der Waals surface area contributed by atoms with Gasteiger partial charge in [0.1, 0.15) is 5.65 Å². The lowest BCUT2D eigenvalue weighted by Crippen LogP contribution is -1.92. The van der Waals surface area contributed by atoms with E-state index in [1.165, 1.54) is 16.3 Å². The zero-order chi connectivity index (χ0) is 14.2. The normalized spacial score (nSPS) is 11.3. The maximum atomic E-state index is 5.92. The molecule has 21 heavy (non-hydrogen) atoms. The van der Waals surface area contributed by atoms with Gasteiger partial charge in [0.25, 0.3) is 0 Å². The summed E-state index contributed by atoms with van der Waals surface area (Å²) in [5, 5.41) is 3.15. The summed E-state index contributed by atoms with van der Waals surface area (Å²) in [7, 11) is 0. The molecule has 0 unspecified atom stereocenters. The van der Waals surface area contributed by atoms with Crippen molar-refractivity contribution in [1.29, 1.82) is 0 Å². The maximum Gasteiger partial charge on any atom is 0.138 e. The van der Waals surface area contributed by atoms with Crippen LogP contribution in [0.15, 0.2) is 60.7 Å². The van der Waals surface area contributed by atoms with Crippen LogP contribution in [0.3, 0.4) is 0 Å². The molecule has 4 rings (SSSR count). The van der Waals surface area contributed by atoms with E-state index in [1.54, 1.807) is 0 Å². The average molecular weight is 293 g/mol. The van der Waals surface area contributed by atoms with Gasteiger partial charge in [-0.25, -0.2) is 4.98 Å². The van der Waals surface area contributed by atoms with Crippen molar-refractivity contribution in [3.8, 4) is 0 Å². The van der Waals surface area contributed by atoms with Crippen molar-refractivity contribution in [1.82, 2.24) is 9.97 Å². The summed E-state index contributed by atoms with van der Waals surface area (Å²) in [6.07, 6.45) is 0.808. The van der Waals surface area contributed by atoms with Gasteiger partial charge >= 0.3 is 0 Å². The van der Waals surface area contributed by atoms with E-state index in [0.717, 1.165) is 28.3 Å². The zero-order valence-electron chi connectivity index (χ0n) is 11.3. The third-order valence-electron chi connectivity index (χ3n) is 3.72. The smallest absolute Gasteiger partial charge is 0.138 e. The van der Waals surface area contributed by atoms with Crippen molar-refractivity contribution in [2.24, 2.45) is 0 Å². The summed E-state index contributed by atoms with van der Waals surface area (Å²) >= 11 is 5.92. The van der Waals surface area contributed by atoms with E-state index in [0.29, 0.717) is 0 Å².